The molecule has 0 radical (unpaired) electrons. The molecule has 0 fully saturated rings. The highest BCUT2D eigenvalue weighted by Gasteiger charge is 2.28. The number of esters is 2. The van der Waals surface area contributed by atoms with E-state index in [1.165, 1.54) is 54.1 Å². The summed E-state index contributed by atoms with van der Waals surface area (Å²) in [5, 5.41) is 8.10. The maximum atomic E-state index is 11.7. The zero-order valence-corrected chi connectivity index (χ0v) is 58.6. The molecular formula is C79H113NO6S. The summed E-state index contributed by atoms with van der Waals surface area (Å²) in [6, 6.07) is 59.0. The Labute approximate surface area is 532 Å². The summed E-state index contributed by atoms with van der Waals surface area (Å²) in [6.07, 6.45) is 5.60. The first-order valence-corrected chi connectivity index (χ1v) is 33.4. The van der Waals surface area contributed by atoms with Gasteiger partial charge < -0.3 is 19.2 Å². The number of ether oxygens (including phenoxy) is 2. The zero-order valence-electron chi connectivity index (χ0n) is 57.8. The van der Waals surface area contributed by atoms with E-state index >= 15 is 0 Å². The van der Waals surface area contributed by atoms with Gasteiger partial charge in [-0.2, -0.15) is 0 Å². The van der Waals surface area contributed by atoms with Crippen LogP contribution in [-0.2, 0) is 25.5 Å². The lowest BCUT2D eigenvalue weighted by atomic mass is 9.91. The Balaban J connectivity index is 0.00000103. The van der Waals surface area contributed by atoms with Crippen LogP contribution in [-0.4, -0.2) is 24.5 Å². The number of carbonyl (C=O) groups excluding carboxylic acids is 3. The fraction of sp³-hybridized carbons (Fsp3) is 0.430. The van der Waals surface area contributed by atoms with Crippen molar-refractivity contribution >= 4 is 77.0 Å². The van der Waals surface area contributed by atoms with Gasteiger partial charge in [0.1, 0.15) is 16.9 Å². The van der Waals surface area contributed by atoms with Crippen LogP contribution in [0.25, 0.3) is 42.1 Å². The van der Waals surface area contributed by atoms with Gasteiger partial charge in [0.25, 0.3) is 0 Å². The molecule has 0 aliphatic carbocycles. The summed E-state index contributed by atoms with van der Waals surface area (Å²) in [7, 11) is 0. The van der Waals surface area contributed by atoms with Crippen LogP contribution in [0, 0.1) is 16.7 Å². The zero-order chi connectivity index (χ0) is 66.0. The number of furan rings is 1. The topological polar surface area (TPSA) is 94.8 Å². The molecular weight excluding hydrogens is 1090 g/mol. The van der Waals surface area contributed by atoms with Crippen LogP contribution >= 0.6 is 11.3 Å². The van der Waals surface area contributed by atoms with Crippen LogP contribution in [0.1, 0.15) is 213 Å². The largest absolute Gasteiger partial charge is 0.465 e. The van der Waals surface area contributed by atoms with Crippen molar-refractivity contribution in [2.75, 3.05) is 11.9 Å². The summed E-state index contributed by atoms with van der Waals surface area (Å²) >= 11 is 1.93. The van der Waals surface area contributed by atoms with Crippen LogP contribution in [0.2, 0.25) is 0 Å². The van der Waals surface area contributed by atoms with Crippen molar-refractivity contribution in [3.63, 3.8) is 0 Å². The minimum Gasteiger partial charge on any atom is -0.465 e. The molecule has 3 atom stereocenters. The molecule has 2 heterocycles. The molecule has 476 valence electrons. The van der Waals surface area contributed by atoms with Crippen molar-refractivity contribution in [1.82, 2.24) is 0 Å². The molecule has 0 aliphatic rings. The van der Waals surface area contributed by atoms with Gasteiger partial charge in [0.15, 0.2) is 0 Å². The average Bonchev–Trinajstić information content (AvgIpc) is 1.78. The van der Waals surface area contributed by atoms with Crippen molar-refractivity contribution in [1.29, 1.82) is 0 Å². The van der Waals surface area contributed by atoms with Gasteiger partial charge in [-0.15, -0.1) is 11.3 Å². The average molecular weight is 1200 g/mol. The fourth-order valence-electron chi connectivity index (χ4n) is 7.76. The van der Waals surface area contributed by atoms with Crippen molar-refractivity contribution in [3.05, 3.63) is 193 Å². The molecule has 9 aromatic rings. The number of amides is 1. The van der Waals surface area contributed by atoms with E-state index in [0.717, 1.165) is 49.0 Å². The predicted molar refractivity (Wildman–Crippen MR) is 383 cm³/mol. The van der Waals surface area contributed by atoms with Crippen LogP contribution in [0.5, 0.6) is 5.75 Å². The quantitative estimate of drug-likeness (QED) is 0.0812. The molecule has 3 unspecified atom stereocenters. The standard InChI is InChI=1S/C16H16O.C16H16S.C14H20O2.C12H16O2.C11H15NO.5C2H6/c1-3-11(2)12-8-9-14-13-6-4-5-7-15(13)17-16(14)10-12;1-3-11(2)12-8-6-9-14-13-7-4-5-10-15(13)17-16(12)14;1-4-14(2,3)13(15)16-11-10-12-8-6-5-7-9-12;1-4-12(2,3)11(13)14-10-8-6-5-7-9-10;1-3-9(2)11(13)12-10-7-5-4-6-8-10;5*1-2/h2*4-11H,3H2,1-2H3;5-9H,4,10-11H2,1-3H3;5-9H,4H2,1-3H3;4-9H,3H2,1-2H3,(H,12,13);5*1-2H3. The molecule has 0 saturated carbocycles. The molecule has 0 aliphatic heterocycles. The summed E-state index contributed by atoms with van der Waals surface area (Å²) in [4.78, 5) is 34.7. The minimum absolute atomic E-state index is 0.0835. The molecule has 2 aromatic heterocycles. The van der Waals surface area contributed by atoms with Gasteiger partial charge in [0.2, 0.25) is 5.91 Å². The first kappa shape index (κ1) is 80.0. The van der Waals surface area contributed by atoms with Crippen LogP contribution in [0.4, 0.5) is 5.69 Å². The van der Waals surface area contributed by atoms with E-state index in [0.29, 0.717) is 24.2 Å². The third-order valence-electron chi connectivity index (χ3n) is 14.6. The lowest BCUT2D eigenvalue weighted by Gasteiger charge is -2.20. The summed E-state index contributed by atoms with van der Waals surface area (Å²) in [5.41, 5.74) is 6.14. The van der Waals surface area contributed by atoms with Gasteiger partial charge in [0, 0.05) is 49.0 Å². The third kappa shape index (κ3) is 26.9. The Kier molecular flexibility index (Phi) is 41.6. The van der Waals surface area contributed by atoms with E-state index in [9.17, 15) is 14.4 Å². The molecule has 7 aromatic carbocycles. The number of para-hydroxylation sites is 3. The number of fused-ring (bicyclic) bond motifs is 6. The number of nitrogens with one attached hydrogen (secondary N) is 1. The van der Waals surface area contributed by atoms with Gasteiger partial charge in [-0.05, 0) is 131 Å². The van der Waals surface area contributed by atoms with Gasteiger partial charge in [-0.25, -0.2) is 0 Å². The Morgan fingerprint density at radius 2 is 0.977 bits per heavy atom. The highest BCUT2D eigenvalue weighted by atomic mass is 32.1. The van der Waals surface area contributed by atoms with Gasteiger partial charge in [-0.1, -0.05) is 258 Å². The first-order valence-electron chi connectivity index (χ1n) is 32.6. The van der Waals surface area contributed by atoms with Crippen molar-refractivity contribution in [2.24, 2.45) is 16.7 Å². The number of rotatable bonds is 15. The van der Waals surface area contributed by atoms with Crippen LogP contribution < -0.4 is 10.1 Å². The van der Waals surface area contributed by atoms with Gasteiger partial charge in [-0.3, -0.25) is 14.4 Å². The molecule has 0 spiro atoms. The molecule has 1 N–H and O–H groups in total. The maximum absolute atomic E-state index is 11.7. The normalized spacial score (nSPS) is 11.2. The Bertz CT molecular complexity index is 3210. The molecule has 87 heavy (non-hydrogen) atoms. The van der Waals surface area contributed by atoms with Crippen molar-refractivity contribution in [3.8, 4) is 5.75 Å². The highest BCUT2D eigenvalue weighted by molar-refractivity contribution is 7.26. The number of hydrogen-bond acceptors (Lipinski definition) is 7. The molecule has 1 amide bonds. The monoisotopic (exact) mass is 1200 g/mol. The minimum atomic E-state index is -0.407. The molecule has 0 saturated heterocycles. The van der Waals surface area contributed by atoms with Crippen LogP contribution in [0.3, 0.4) is 0 Å². The van der Waals surface area contributed by atoms with E-state index in [1.807, 2.05) is 227 Å². The van der Waals surface area contributed by atoms with E-state index in [2.05, 4.69) is 106 Å². The lowest BCUT2D eigenvalue weighted by Crippen LogP contribution is -2.28. The maximum Gasteiger partial charge on any atom is 0.316 e. The highest BCUT2D eigenvalue weighted by Crippen LogP contribution is 2.39. The third-order valence-corrected chi connectivity index (χ3v) is 15.8. The summed E-state index contributed by atoms with van der Waals surface area (Å²) < 4.78 is 19.3. The Morgan fingerprint density at radius 3 is 1.53 bits per heavy atom. The summed E-state index contributed by atoms with van der Waals surface area (Å²) in [6.45, 7) is 45.0. The lowest BCUT2D eigenvalue weighted by molar-refractivity contribution is -0.154. The predicted octanol–water partition coefficient (Wildman–Crippen LogP) is 24.7. The Hall–Kier alpha value is -7.03. The molecule has 7 nitrogen and oxygen atoms in total. The molecule has 8 heteroatoms. The first-order chi connectivity index (χ1) is 42.0. The van der Waals surface area contributed by atoms with Crippen molar-refractivity contribution < 1.29 is 28.3 Å². The second kappa shape index (κ2) is 45.3. The number of thiophene rings is 1. The van der Waals surface area contributed by atoms with E-state index in [1.54, 1.807) is 12.1 Å². The molecule has 9 rings (SSSR count). The Morgan fingerprint density at radius 1 is 0.494 bits per heavy atom. The SMILES string of the molecule is CC.CC.CC.CC.CC.CCC(C)(C)C(=O)OCCc1ccccc1.CCC(C)(C)C(=O)Oc1ccccc1.CCC(C)C(=O)Nc1ccccc1.CCC(C)c1ccc2c(c1)oc1ccccc12.CCC(C)c1cccc2c1sc1ccccc12. The fourth-order valence-corrected chi connectivity index (χ4v) is 9.09. The number of anilines is 1. The second-order valence-corrected chi connectivity index (χ2v) is 22.1. The number of hydrogen-bond donors (Lipinski definition) is 1. The smallest absolute Gasteiger partial charge is 0.316 e. The number of benzene rings is 7. The second-order valence-electron chi connectivity index (χ2n) is 21.0. The van der Waals surface area contributed by atoms with Gasteiger partial charge in [0.05, 0.1) is 17.4 Å². The van der Waals surface area contributed by atoms with Crippen molar-refractivity contribution in [2.45, 2.75) is 203 Å². The van der Waals surface area contributed by atoms with E-state index in [4.69, 9.17) is 13.9 Å². The van der Waals surface area contributed by atoms with Crippen LogP contribution in [0.15, 0.2) is 180 Å². The molecule has 0 bridgehead atoms. The van der Waals surface area contributed by atoms with Gasteiger partial charge >= 0.3 is 11.9 Å². The summed E-state index contributed by atoms with van der Waals surface area (Å²) in [5.74, 6) is 1.74. The van der Waals surface area contributed by atoms with E-state index in [-0.39, 0.29) is 29.2 Å². The number of carbonyl (C=O) groups is 3. The van der Waals surface area contributed by atoms with E-state index < -0.39 is 5.41 Å².